The van der Waals surface area contributed by atoms with Gasteiger partial charge in [0.05, 0.1) is 18.7 Å². The number of alkyl halides is 3. The number of amides is 1. The predicted molar refractivity (Wildman–Crippen MR) is 111 cm³/mol. The van der Waals surface area contributed by atoms with Crippen LogP contribution in [0.4, 0.5) is 13.2 Å². The summed E-state index contributed by atoms with van der Waals surface area (Å²) in [4.78, 5) is 29.9. The van der Waals surface area contributed by atoms with Crippen LogP contribution in [-0.2, 0) is 11.3 Å². The molecule has 1 fully saturated rings. The fraction of sp³-hybridized carbons (Fsp3) is 0.381. The number of imidazole rings is 1. The molecule has 1 aliphatic rings. The SMILES string of the molecule is Cc1ccc(-c2cn(CC3CCN(C(=O)c4cnc[nH]4)CC3)nn2)cc1.O=C(O)C(F)(F)F. The molecule has 33 heavy (non-hydrogen) atoms. The van der Waals surface area contributed by atoms with Crippen molar-refractivity contribution in [3.8, 4) is 11.3 Å². The zero-order valence-corrected chi connectivity index (χ0v) is 17.8. The molecule has 1 aromatic carbocycles. The van der Waals surface area contributed by atoms with E-state index in [1.165, 1.54) is 11.9 Å². The van der Waals surface area contributed by atoms with Gasteiger partial charge in [-0.05, 0) is 25.7 Å². The van der Waals surface area contributed by atoms with E-state index >= 15 is 0 Å². The van der Waals surface area contributed by atoms with E-state index in [1.807, 2.05) is 15.8 Å². The van der Waals surface area contributed by atoms with E-state index < -0.39 is 12.1 Å². The second kappa shape index (κ2) is 10.3. The van der Waals surface area contributed by atoms with E-state index in [4.69, 9.17) is 9.90 Å². The lowest BCUT2D eigenvalue weighted by molar-refractivity contribution is -0.192. The molecule has 0 saturated carbocycles. The van der Waals surface area contributed by atoms with Gasteiger partial charge in [-0.1, -0.05) is 35.0 Å². The first kappa shape index (κ1) is 24.0. The summed E-state index contributed by atoms with van der Waals surface area (Å²) in [7, 11) is 0. The summed E-state index contributed by atoms with van der Waals surface area (Å²) >= 11 is 0. The maximum atomic E-state index is 12.3. The van der Waals surface area contributed by atoms with Crippen LogP contribution in [0.25, 0.3) is 11.3 Å². The van der Waals surface area contributed by atoms with Gasteiger partial charge in [0.15, 0.2) is 0 Å². The Kier molecular flexibility index (Phi) is 7.46. The van der Waals surface area contributed by atoms with E-state index in [2.05, 4.69) is 51.5 Å². The van der Waals surface area contributed by atoms with Gasteiger partial charge < -0.3 is 15.0 Å². The van der Waals surface area contributed by atoms with Crippen LogP contribution in [0.5, 0.6) is 0 Å². The molecule has 9 nitrogen and oxygen atoms in total. The van der Waals surface area contributed by atoms with Crippen molar-refractivity contribution in [3.63, 3.8) is 0 Å². The number of piperidine rings is 1. The number of aliphatic carboxylic acids is 1. The third kappa shape index (κ3) is 6.64. The minimum absolute atomic E-state index is 0.0309. The second-order valence-electron chi connectivity index (χ2n) is 7.70. The van der Waals surface area contributed by atoms with Crippen molar-refractivity contribution in [2.75, 3.05) is 13.1 Å². The van der Waals surface area contributed by atoms with Gasteiger partial charge in [0.2, 0.25) is 0 Å². The Morgan fingerprint density at radius 1 is 1.18 bits per heavy atom. The number of hydrogen-bond acceptors (Lipinski definition) is 5. The number of carbonyl (C=O) groups excluding carboxylic acids is 1. The number of nitrogens with one attached hydrogen (secondary N) is 1. The Morgan fingerprint density at radius 2 is 1.82 bits per heavy atom. The molecule has 1 amide bonds. The molecule has 4 rings (SSSR count). The van der Waals surface area contributed by atoms with Crippen molar-refractivity contribution < 1.29 is 27.9 Å². The van der Waals surface area contributed by atoms with Crippen molar-refractivity contribution in [2.45, 2.75) is 32.5 Å². The number of carbonyl (C=O) groups is 2. The molecule has 0 atom stereocenters. The Hall–Kier alpha value is -3.70. The predicted octanol–water partition coefficient (Wildman–Crippen LogP) is 3.16. The highest BCUT2D eigenvalue weighted by molar-refractivity contribution is 5.92. The molecule has 12 heteroatoms. The van der Waals surface area contributed by atoms with Crippen LogP contribution in [0, 0.1) is 12.8 Å². The van der Waals surface area contributed by atoms with Crippen molar-refractivity contribution >= 4 is 11.9 Å². The first-order valence-corrected chi connectivity index (χ1v) is 10.2. The average molecular weight is 464 g/mol. The molecule has 3 aromatic rings. The van der Waals surface area contributed by atoms with E-state index in [1.54, 1.807) is 6.20 Å². The number of rotatable bonds is 4. The number of hydrogen-bond donors (Lipinski definition) is 2. The van der Waals surface area contributed by atoms with Crippen LogP contribution in [0.2, 0.25) is 0 Å². The lowest BCUT2D eigenvalue weighted by Gasteiger charge is -2.31. The van der Waals surface area contributed by atoms with Crippen LogP contribution in [0.1, 0.15) is 28.9 Å². The standard InChI is InChI=1S/C19H22N6O.C2HF3O2/c1-14-2-4-16(5-3-14)18-12-25(23-22-18)11-15-6-8-24(9-7-15)19(26)17-10-20-13-21-17;3-2(4,5)1(6)7/h2-5,10,12-13,15H,6-9,11H2,1H3,(H,20,21);(H,6,7). The number of aromatic nitrogens is 5. The molecule has 0 radical (unpaired) electrons. The van der Waals surface area contributed by atoms with Crippen molar-refractivity contribution in [3.05, 3.63) is 54.2 Å². The van der Waals surface area contributed by atoms with Crippen molar-refractivity contribution in [1.82, 2.24) is 29.9 Å². The average Bonchev–Trinajstić information content (AvgIpc) is 3.47. The van der Waals surface area contributed by atoms with E-state index in [9.17, 15) is 18.0 Å². The molecule has 0 aliphatic carbocycles. The molecule has 176 valence electrons. The Bertz CT molecular complexity index is 1060. The number of nitrogens with zero attached hydrogens (tertiary/aromatic N) is 5. The van der Waals surface area contributed by atoms with E-state index in [-0.39, 0.29) is 5.91 Å². The lowest BCUT2D eigenvalue weighted by Crippen LogP contribution is -2.39. The lowest BCUT2D eigenvalue weighted by atomic mass is 9.96. The Morgan fingerprint density at radius 3 is 2.36 bits per heavy atom. The van der Waals surface area contributed by atoms with Gasteiger partial charge in [-0.25, -0.2) is 9.78 Å². The number of likely N-dealkylation sites (tertiary alicyclic amines) is 1. The molecule has 1 aliphatic heterocycles. The van der Waals surface area contributed by atoms with Gasteiger partial charge >= 0.3 is 12.1 Å². The topological polar surface area (TPSA) is 117 Å². The van der Waals surface area contributed by atoms with Gasteiger partial charge in [0.25, 0.3) is 5.91 Å². The van der Waals surface area contributed by atoms with Crippen molar-refractivity contribution in [1.29, 1.82) is 0 Å². The van der Waals surface area contributed by atoms with Gasteiger partial charge in [0.1, 0.15) is 11.4 Å². The van der Waals surface area contributed by atoms with Gasteiger partial charge in [-0.3, -0.25) is 9.48 Å². The molecule has 1 saturated heterocycles. The Balaban J connectivity index is 0.000000383. The molecule has 0 bridgehead atoms. The third-order valence-electron chi connectivity index (χ3n) is 5.20. The summed E-state index contributed by atoms with van der Waals surface area (Å²) in [5.41, 5.74) is 3.78. The number of benzene rings is 1. The maximum absolute atomic E-state index is 12.3. The molecular weight excluding hydrogens is 441 g/mol. The fourth-order valence-electron chi connectivity index (χ4n) is 3.37. The summed E-state index contributed by atoms with van der Waals surface area (Å²) in [6, 6.07) is 8.31. The summed E-state index contributed by atoms with van der Waals surface area (Å²) < 4.78 is 33.7. The van der Waals surface area contributed by atoms with Crippen LogP contribution in [0.3, 0.4) is 0 Å². The van der Waals surface area contributed by atoms with E-state index in [0.717, 1.165) is 43.7 Å². The van der Waals surface area contributed by atoms with Crippen LogP contribution >= 0.6 is 0 Å². The van der Waals surface area contributed by atoms with Gasteiger partial charge in [-0.2, -0.15) is 13.2 Å². The van der Waals surface area contributed by atoms with Crippen LogP contribution in [0.15, 0.2) is 43.0 Å². The first-order valence-electron chi connectivity index (χ1n) is 10.2. The molecule has 0 spiro atoms. The zero-order chi connectivity index (χ0) is 24.0. The minimum atomic E-state index is -5.08. The molecule has 0 unspecified atom stereocenters. The fourth-order valence-corrected chi connectivity index (χ4v) is 3.37. The highest BCUT2D eigenvalue weighted by atomic mass is 19.4. The highest BCUT2D eigenvalue weighted by Gasteiger charge is 2.38. The van der Waals surface area contributed by atoms with Gasteiger partial charge in [0, 0.05) is 25.2 Å². The summed E-state index contributed by atoms with van der Waals surface area (Å²) in [5.74, 6) is -2.22. The molecule has 3 heterocycles. The summed E-state index contributed by atoms with van der Waals surface area (Å²) in [5, 5.41) is 15.7. The molecule has 2 aromatic heterocycles. The summed E-state index contributed by atoms with van der Waals surface area (Å²) in [6.45, 7) is 4.44. The summed E-state index contributed by atoms with van der Waals surface area (Å²) in [6.07, 6.45) is 1.98. The normalized spacial score (nSPS) is 14.5. The Labute approximate surface area is 187 Å². The zero-order valence-electron chi connectivity index (χ0n) is 17.8. The maximum Gasteiger partial charge on any atom is 0.490 e. The monoisotopic (exact) mass is 464 g/mol. The largest absolute Gasteiger partial charge is 0.490 e. The highest BCUT2D eigenvalue weighted by Crippen LogP contribution is 2.22. The quantitative estimate of drug-likeness (QED) is 0.613. The molecular formula is C21H23F3N6O3. The smallest absolute Gasteiger partial charge is 0.475 e. The number of carboxylic acid groups (broad SMARTS) is 1. The third-order valence-corrected chi connectivity index (χ3v) is 5.20. The molecule has 2 N–H and O–H groups in total. The van der Waals surface area contributed by atoms with Gasteiger partial charge in [-0.15, -0.1) is 5.10 Å². The number of halogens is 3. The first-order chi connectivity index (χ1) is 15.6. The van der Waals surface area contributed by atoms with Crippen LogP contribution in [-0.4, -0.2) is 66.1 Å². The number of aryl methyl sites for hydroxylation is 1. The van der Waals surface area contributed by atoms with Crippen LogP contribution < -0.4 is 0 Å². The number of carboxylic acids is 1. The number of aromatic amines is 1. The minimum Gasteiger partial charge on any atom is -0.475 e. The van der Waals surface area contributed by atoms with E-state index in [0.29, 0.717) is 11.6 Å². The van der Waals surface area contributed by atoms with Crippen molar-refractivity contribution in [2.24, 2.45) is 5.92 Å². The second-order valence-corrected chi connectivity index (χ2v) is 7.70. The number of H-pyrrole nitrogens is 1.